The van der Waals surface area contributed by atoms with E-state index in [1.807, 2.05) is 0 Å². The molecule has 4 amide bonds. The number of rotatable bonds is 22. The maximum atomic E-state index is 13.2. The molecule has 1 aromatic heterocycles. The molecule has 17 heteroatoms. The molecule has 4 rings (SSSR count). The van der Waals surface area contributed by atoms with Gasteiger partial charge in [-0.15, -0.1) is 5.10 Å². The van der Waals surface area contributed by atoms with E-state index in [2.05, 4.69) is 20.9 Å². The minimum absolute atomic E-state index is 0.0252. The van der Waals surface area contributed by atoms with Gasteiger partial charge in [0.1, 0.15) is 11.7 Å². The summed E-state index contributed by atoms with van der Waals surface area (Å²) in [4.78, 5) is 61.4. The largest absolute Gasteiger partial charge is 0.481 e. The number of hydrogen-bond donors (Lipinski definition) is 3. The Morgan fingerprint density at radius 2 is 1.52 bits per heavy atom. The SMILES string of the molecule is O=C(O)CCOCCOCCOCCOCCOCCn1cc(CNc2cccc3c2C(=O)N(C2CCC(=O)NC2=O)C3=O)nn1. The average Bonchev–Trinajstić information content (AvgIpc) is 3.59. The van der Waals surface area contributed by atoms with Crippen LogP contribution in [0, 0.1) is 0 Å². The number of ether oxygens (including phenoxy) is 5. The Bertz CT molecular complexity index is 1370. The van der Waals surface area contributed by atoms with Crippen molar-refractivity contribution in [2.24, 2.45) is 0 Å². The van der Waals surface area contributed by atoms with Crippen molar-refractivity contribution in [1.29, 1.82) is 0 Å². The zero-order valence-electron chi connectivity index (χ0n) is 25.3. The summed E-state index contributed by atoms with van der Waals surface area (Å²) in [5.74, 6) is -3.14. The zero-order chi connectivity index (χ0) is 32.7. The smallest absolute Gasteiger partial charge is 0.305 e. The van der Waals surface area contributed by atoms with Gasteiger partial charge in [-0.2, -0.15) is 0 Å². The van der Waals surface area contributed by atoms with Crippen LogP contribution >= 0.6 is 0 Å². The van der Waals surface area contributed by atoms with Crippen LogP contribution < -0.4 is 10.6 Å². The van der Waals surface area contributed by atoms with Crippen molar-refractivity contribution in [2.75, 3.05) is 71.4 Å². The lowest BCUT2D eigenvalue weighted by molar-refractivity contribution is -0.138. The summed E-state index contributed by atoms with van der Waals surface area (Å²) >= 11 is 0. The van der Waals surface area contributed by atoms with Crippen LogP contribution in [0.4, 0.5) is 5.69 Å². The first-order valence-electron chi connectivity index (χ1n) is 14.9. The second kappa shape index (κ2) is 18.0. The lowest BCUT2D eigenvalue weighted by atomic mass is 10.0. The standard InChI is InChI=1S/C29H38N6O11/c36-24-5-4-23(27(39)31-24)35-28(40)21-2-1-3-22(26(21)29(35)41)30-18-20-19-34(33-32-20)7-9-43-11-13-45-15-17-46-16-14-44-12-10-42-8-6-25(37)38/h1-3,19,23,30H,4-18H2,(H,37,38)(H,31,36,39). The number of benzene rings is 1. The molecule has 2 aromatic rings. The number of nitrogens with zero attached hydrogens (tertiary/aromatic N) is 4. The maximum Gasteiger partial charge on any atom is 0.305 e. The number of aliphatic carboxylic acids is 1. The van der Waals surface area contributed by atoms with E-state index >= 15 is 0 Å². The molecule has 0 bridgehead atoms. The Hall–Kier alpha value is -4.29. The first-order valence-corrected chi connectivity index (χ1v) is 14.9. The normalized spacial score (nSPS) is 16.2. The van der Waals surface area contributed by atoms with E-state index in [0.717, 1.165) is 4.90 Å². The fourth-order valence-electron chi connectivity index (χ4n) is 4.68. The molecule has 1 aromatic carbocycles. The summed E-state index contributed by atoms with van der Waals surface area (Å²) in [5, 5.41) is 22.1. The van der Waals surface area contributed by atoms with Gasteiger partial charge in [-0.3, -0.25) is 34.2 Å². The zero-order valence-corrected chi connectivity index (χ0v) is 25.3. The molecule has 1 fully saturated rings. The number of amides is 4. The third-order valence-corrected chi connectivity index (χ3v) is 6.93. The van der Waals surface area contributed by atoms with Crippen molar-refractivity contribution in [1.82, 2.24) is 25.2 Å². The number of carbonyl (C=O) groups excluding carboxylic acids is 4. The maximum absolute atomic E-state index is 13.2. The molecule has 250 valence electrons. The number of fused-ring (bicyclic) bond motifs is 1. The first kappa shape index (κ1) is 34.6. The summed E-state index contributed by atoms with van der Waals surface area (Å²) in [5.41, 5.74) is 1.40. The van der Waals surface area contributed by atoms with Gasteiger partial charge in [0.2, 0.25) is 11.8 Å². The van der Waals surface area contributed by atoms with Crippen molar-refractivity contribution in [3.63, 3.8) is 0 Å². The summed E-state index contributed by atoms with van der Waals surface area (Å²) in [7, 11) is 0. The molecule has 3 N–H and O–H groups in total. The van der Waals surface area contributed by atoms with Crippen molar-refractivity contribution < 1.29 is 52.8 Å². The predicted molar refractivity (Wildman–Crippen MR) is 157 cm³/mol. The van der Waals surface area contributed by atoms with Gasteiger partial charge in [0.25, 0.3) is 11.8 Å². The predicted octanol–water partition coefficient (Wildman–Crippen LogP) is -0.151. The summed E-state index contributed by atoms with van der Waals surface area (Å²) in [6.45, 7) is 4.45. The van der Waals surface area contributed by atoms with Crippen molar-refractivity contribution in [2.45, 2.75) is 38.4 Å². The molecule has 2 aliphatic heterocycles. The molecule has 2 aliphatic rings. The van der Waals surface area contributed by atoms with Crippen LogP contribution in [-0.4, -0.2) is 127 Å². The van der Waals surface area contributed by atoms with Crippen molar-refractivity contribution in [3.8, 4) is 0 Å². The Morgan fingerprint density at radius 3 is 2.15 bits per heavy atom. The number of aromatic nitrogens is 3. The Kier molecular flexibility index (Phi) is 13.5. The van der Waals surface area contributed by atoms with Gasteiger partial charge in [-0.1, -0.05) is 11.3 Å². The van der Waals surface area contributed by atoms with Crippen LogP contribution in [-0.2, 0) is 51.2 Å². The van der Waals surface area contributed by atoms with Crippen LogP contribution in [0.15, 0.2) is 24.4 Å². The minimum Gasteiger partial charge on any atom is -0.481 e. The van der Waals surface area contributed by atoms with E-state index in [1.165, 1.54) is 6.07 Å². The highest BCUT2D eigenvalue weighted by Gasteiger charge is 2.45. The molecular formula is C29H38N6O11. The first-order chi connectivity index (χ1) is 22.3. The highest BCUT2D eigenvalue weighted by Crippen LogP contribution is 2.32. The second-order valence-corrected chi connectivity index (χ2v) is 10.2. The molecule has 1 saturated heterocycles. The third-order valence-electron chi connectivity index (χ3n) is 6.93. The Balaban J connectivity index is 1.06. The summed E-state index contributed by atoms with van der Waals surface area (Å²) in [6.07, 6.45) is 1.86. The van der Waals surface area contributed by atoms with Crippen molar-refractivity contribution in [3.05, 3.63) is 41.2 Å². The number of carboxylic acid groups (broad SMARTS) is 1. The Morgan fingerprint density at radius 1 is 0.891 bits per heavy atom. The average molecular weight is 647 g/mol. The number of carboxylic acids is 1. The van der Waals surface area contributed by atoms with Crippen LogP contribution in [0.1, 0.15) is 45.7 Å². The molecule has 0 aliphatic carbocycles. The molecule has 1 unspecified atom stereocenters. The molecule has 0 spiro atoms. The lowest BCUT2D eigenvalue weighted by Crippen LogP contribution is -2.54. The van der Waals surface area contributed by atoms with Gasteiger partial charge in [-0.25, -0.2) is 4.68 Å². The molecular weight excluding hydrogens is 608 g/mol. The van der Waals surface area contributed by atoms with Crippen LogP contribution in [0.5, 0.6) is 0 Å². The summed E-state index contributed by atoms with van der Waals surface area (Å²) in [6, 6.07) is 3.82. The van der Waals surface area contributed by atoms with E-state index in [1.54, 1.807) is 23.0 Å². The number of imide groups is 2. The monoisotopic (exact) mass is 646 g/mol. The van der Waals surface area contributed by atoms with E-state index in [9.17, 15) is 24.0 Å². The minimum atomic E-state index is -1.03. The summed E-state index contributed by atoms with van der Waals surface area (Å²) < 4.78 is 28.5. The molecule has 17 nitrogen and oxygen atoms in total. The fraction of sp³-hybridized carbons (Fsp3) is 0.552. The van der Waals surface area contributed by atoms with Gasteiger partial charge in [-0.05, 0) is 18.6 Å². The number of piperidine rings is 1. The topological polar surface area (TPSA) is 210 Å². The molecule has 0 saturated carbocycles. The highest BCUT2D eigenvalue weighted by molar-refractivity contribution is 6.25. The molecule has 0 radical (unpaired) electrons. The van der Waals surface area contributed by atoms with Gasteiger partial charge in [0.15, 0.2) is 0 Å². The molecule has 3 heterocycles. The number of nitrogens with one attached hydrogen (secondary N) is 2. The molecule has 46 heavy (non-hydrogen) atoms. The van der Waals surface area contributed by atoms with E-state index < -0.39 is 35.6 Å². The quantitative estimate of drug-likeness (QED) is 0.112. The van der Waals surface area contributed by atoms with Gasteiger partial charge in [0.05, 0.1) is 103 Å². The van der Waals surface area contributed by atoms with Gasteiger partial charge >= 0.3 is 5.97 Å². The number of anilines is 1. The van der Waals surface area contributed by atoms with E-state index in [-0.39, 0.29) is 43.5 Å². The van der Waals surface area contributed by atoms with Crippen LogP contribution in [0.3, 0.4) is 0 Å². The van der Waals surface area contributed by atoms with E-state index in [0.29, 0.717) is 77.4 Å². The number of carbonyl (C=O) groups is 5. The molecule has 1 atom stereocenters. The van der Waals surface area contributed by atoms with Gasteiger partial charge < -0.3 is 34.1 Å². The highest BCUT2D eigenvalue weighted by atomic mass is 16.6. The van der Waals surface area contributed by atoms with E-state index in [4.69, 9.17) is 28.8 Å². The fourth-order valence-corrected chi connectivity index (χ4v) is 4.68. The van der Waals surface area contributed by atoms with Crippen LogP contribution in [0.25, 0.3) is 0 Å². The van der Waals surface area contributed by atoms with Crippen LogP contribution in [0.2, 0.25) is 0 Å². The lowest BCUT2D eigenvalue weighted by Gasteiger charge is -2.27. The third kappa shape index (κ3) is 10.1. The second-order valence-electron chi connectivity index (χ2n) is 10.2. The van der Waals surface area contributed by atoms with Gasteiger partial charge in [0, 0.05) is 12.1 Å². The Labute approximate surface area is 264 Å². The van der Waals surface area contributed by atoms with Crippen molar-refractivity contribution >= 4 is 35.3 Å². The number of hydrogen-bond acceptors (Lipinski definition) is 13.